The molecule has 4 aromatic rings. The Morgan fingerprint density at radius 3 is 2.48 bits per heavy atom. The Labute approximate surface area is 158 Å². The van der Waals surface area contributed by atoms with Gasteiger partial charge < -0.3 is 9.67 Å². The number of aryl methyl sites for hydroxylation is 2. The second-order valence-electron chi connectivity index (χ2n) is 6.96. The Kier molecular flexibility index (Phi) is 4.28. The van der Waals surface area contributed by atoms with E-state index in [1.807, 2.05) is 30.3 Å². The number of fused-ring (bicyclic) bond motifs is 1. The fourth-order valence-electron chi connectivity index (χ4n) is 3.79. The molecular formula is C24H21NO2. The first kappa shape index (κ1) is 17.1. The zero-order chi connectivity index (χ0) is 19.0. The Bertz CT molecular complexity index is 1140. The summed E-state index contributed by atoms with van der Waals surface area (Å²) in [6.07, 6.45) is 0.686. The van der Waals surface area contributed by atoms with Crippen molar-refractivity contribution in [3.05, 3.63) is 95.1 Å². The maximum Gasteiger partial charge on any atom is 0.335 e. The zero-order valence-corrected chi connectivity index (χ0v) is 15.4. The Morgan fingerprint density at radius 1 is 0.963 bits per heavy atom. The van der Waals surface area contributed by atoms with Gasteiger partial charge in [0.05, 0.1) is 11.3 Å². The number of carbonyl (C=O) groups is 1. The topological polar surface area (TPSA) is 42.2 Å². The van der Waals surface area contributed by atoms with Crippen molar-refractivity contribution in [2.75, 3.05) is 0 Å². The lowest BCUT2D eigenvalue weighted by atomic mass is 9.97. The number of benzene rings is 3. The van der Waals surface area contributed by atoms with Crippen molar-refractivity contribution in [1.82, 2.24) is 4.57 Å². The largest absolute Gasteiger partial charge is 0.478 e. The predicted molar refractivity (Wildman–Crippen MR) is 109 cm³/mol. The molecule has 27 heavy (non-hydrogen) atoms. The first-order chi connectivity index (χ1) is 13.0. The molecule has 0 saturated carbocycles. The van der Waals surface area contributed by atoms with E-state index in [1.165, 1.54) is 33.3 Å². The minimum atomic E-state index is -0.895. The Hall–Kier alpha value is -3.33. The van der Waals surface area contributed by atoms with Crippen LogP contribution in [0.15, 0.2) is 72.8 Å². The molecule has 0 spiro atoms. The van der Waals surface area contributed by atoms with Gasteiger partial charge in [-0.1, -0.05) is 54.6 Å². The number of carboxylic acid groups (broad SMARTS) is 1. The maximum absolute atomic E-state index is 11.3. The van der Waals surface area contributed by atoms with Crippen molar-refractivity contribution in [2.45, 2.75) is 13.3 Å². The Morgan fingerprint density at radius 2 is 1.74 bits per heavy atom. The maximum atomic E-state index is 11.3. The summed E-state index contributed by atoms with van der Waals surface area (Å²) in [4.78, 5) is 11.3. The third-order valence-electron chi connectivity index (χ3n) is 5.06. The van der Waals surface area contributed by atoms with Crippen molar-refractivity contribution >= 4 is 16.9 Å². The molecule has 3 nitrogen and oxygen atoms in total. The van der Waals surface area contributed by atoms with Gasteiger partial charge in [0.15, 0.2) is 0 Å². The molecule has 1 aromatic heterocycles. The van der Waals surface area contributed by atoms with E-state index in [4.69, 9.17) is 0 Å². The minimum Gasteiger partial charge on any atom is -0.478 e. The monoisotopic (exact) mass is 355 g/mol. The van der Waals surface area contributed by atoms with Gasteiger partial charge in [-0.3, -0.25) is 0 Å². The lowest BCUT2D eigenvalue weighted by molar-refractivity contribution is 0.0696. The fourth-order valence-corrected chi connectivity index (χ4v) is 3.79. The van der Waals surface area contributed by atoms with Gasteiger partial charge in [-0.05, 0) is 47.4 Å². The van der Waals surface area contributed by atoms with Gasteiger partial charge in [0.2, 0.25) is 0 Å². The fraction of sp³-hybridized carbons (Fsp3) is 0.125. The molecule has 0 aliphatic heterocycles. The standard InChI is InChI=1S/C24H21NO2/c1-16-11-12-20-21(15-17-7-6-10-19(14-17)24(26)27)23(25(2)22(20)13-16)18-8-4-3-5-9-18/h3-14H,15H2,1-2H3,(H,26,27). The number of rotatable bonds is 4. The average molecular weight is 355 g/mol. The van der Waals surface area contributed by atoms with E-state index in [0.717, 1.165) is 5.56 Å². The van der Waals surface area contributed by atoms with E-state index in [9.17, 15) is 9.90 Å². The van der Waals surface area contributed by atoms with Crippen LogP contribution in [0, 0.1) is 6.92 Å². The third kappa shape index (κ3) is 3.13. The zero-order valence-electron chi connectivity index (χ0n) is 15.4. The summed E-state index contributed by atoms with van der Waals surface area (Å²) in [6, 6.07) is 24.1. The van der Waals surface area contributed by atoms with E-state index >= 15 is 0 Å². The smallest absolute Gasteiger partial charge is 0.335 e. The molecule has 0 unspecified atom stereocenters. The number of hydrogen-bond donors (Lipinski definition) is 1. The van der Waals surface area contributed by atoms with E-state index in [2.05, 4.69) is 48.9 Å². The van der Waals surface area contributed by atoms with Gasteiger partial charge in [-0.2, -0.15) is 0 Å². The van der Waals surface area contributed by atoms with E-state index in [0.29, 0.717) is 12.0 Å². The predicted octanol–water partition coefficient (Wildman–Crippen LogP) is 5.44. The highest BCUT2D eigenvalue weighted by Crippen LogP contribution is 2.35. The van der Waals surface area contributed by atoms with E-state index in [-0.39, 0.29) is 0 Å². The highest BCUT2D eigenvalue weighted by Gasteiger charge is 2.17. The quantitative estimate of drug-likeness (QED) is 0.529. The van der Waals surface area contributed by atoms with Crippen molar-refractivity contribution < 1.29 is 9.90 Å². The molecule has 134 valence electrons. The van der Waals surface area contributed by atoms with Gasteiger partial charge in [0.25, 0.3) is 0 Å². The van der Waals surface area contributed by atoms with Crippen LogP contribution in [0.3, 0.4) is 0 Å². The second-order valence-corrected chi connectivity index (χ2v) is 6.96. The lowest BCUT2D eigenvalue weighted by Gasteiger charge is -2.09. The molecule has 0 amide bonds. The number of aromatic nitrogens is 1. The molecule has 0 fully saturated rings. The van der Waals surface area contributed by atoms with Crippen molar-refractivity contribution in [2.24, 2.45) is 7.05 Å². The molecule has 1 N–H and O–H groups in total. The van der Waals surface area contributed by atoms with Crippen molar-refractivity contribution in [1.29, 1.82) is 0 Å². The van der Waals surface area contributed by atoms with Crippen LogP contribution in [0.4, 0.5) is 0 Å². The van der Waals surface area contributed by atoms with E-state index < -0.39 is 5.97 Å². The highest BCUT2D eigenvalue weighted by atomic mass is 16.4. The van der Waals surface area contributed by atoms with Gasteiger partial charge >= 0.3 is 5.97 Å². The SMILES string of the molecule is Cc1ccc2c(Cc3cccc(C(=O)O)c3)c(-c3ccccc3)n(C)c2c1. The molecule has 0 radical (unpaired) electrons. The van der Waals surface area contributed by atoms with Gasteiger partial charge in [-0.15, -0.1) is 0 Å². The van der Waals surface area contributed by atoms with Gasteiger partial charge in [0.1, 0.15) is 0 Å². The summed E-state index contributed by atoms with van der Waals surface area (Å²) in [5.74, 6) is -0.895. The summed E-state index contributed by atoms with van der Waals surface area (Å²) in [5, 5.41) is 10.5. The average Bonchev–Trinajstić information content (AvgIpc) is 2.94. The van der Waals surface area contributed by atoms with Crippen molar-refractivity contribution in [3.8, 4) is 11.3 Å². The molecule has 0 bridgehead atoms. The number of nitrogens with zero attached hydrogens (tertiary/aromatic N) is 1. The van der Waals surface area contributed by atoms with Crippen LogP contribution in [-0.2, 0) is 13.5 Å². The molecule has 0 aliphatic rings. The second kappa shape index (κ2) is 6.76. The van der Waals surface area contributed by atoms with E-state index in [1.54, 1.807) is 12.1 Å². The highest BCUT2D eigenvalue weighted by molar-refractivity contribution is 5.93. The molecule has 0 atom stereocenters. The van der Waals surface area contributed by atoms with Crippen LogP contribution in [-0.4, -0.2) is 15.6 Å². The lowest BCUT2D eigenvalue weighted by Crippen LogP contribution is -1.99. The first-order valence-corrected chi connectivity index (χ1v) is 9.00. The molecule has 4 rings (SSSR count). The number of carboxylic acids is 1. The van der Waals surface area contributed by atoms with Crippen LogP contribution < -0.4 is 0 Å². The molecule has 0 aliphatic carbocycles. The first-order valence-electron chi connectivity index (χ1n) is 9.00. The third-order valence-corrected chi connectivity index (χ3v) is 5.06. The van der Waals surface area contributed by atoms with Crippen LogP contribution in [0.2, 0.25) is 0 Å². The molecule has 1 heterocycles. The van der Waals surface area contributed by atoms with Crippen LogP contribution in [0.1, 0.15) is 27.0 Å². The van der Waals surface area contributed by atoms with Crippen LogP contribution in [0.5, 0.6) is 0 Å². The van der Waals surface area contributed by atoms with Crippen LogP contribution >= 0.6 is 0 Å². The molecule has 0 saturated heterocycles. The number of aromatic carboxylic acids is 1. The van der Waals surface area contributed by atoms with Gasteiger partial charge in [-0.25, -0.2) is 4.79 Å². The molecular weight excluding hydrogens is 334 g/mol. The van der Waals surface area contributed by atoms with Crippen LogP contribution in [0.25, 0.3) is 22.2 Å². The molecule has 3 heteroatoms. The normalized spacial score (nSPS) is 11.0. The van der Waals surface area contributed by atoms with Crippen molar-refractivity contribution in [3.63, 3.8) is 0 Å². The summed E-state index contributed by atoms with van der Waals surface area (Å²) < 4.78 is 2.24. The number of hydrogen-bond acceptors (Lipinski definition) is 1. The molecule has 3 aromatic carbocycles. The Balaban J connectivity index is 1.93. The summed E-state index contributed by atoms with van der Waals surface area (Å²) in [5.41, 5.74) is 7.31. The summed E-state index contributed by atoms with van der Waals surface area (Å²) in [6.45, 7) is 2.10. The van der Waals surface area contributed by atoms with Gasteiger partial charge in [0, 0.05) is 24.4 Å². The summed E-state index contributed by atoms with van der Waals surface area (Å²) >= 11 is 0. The summed E-state index contributed by atoms with van der Waals surface area (Å²) in [7, 11) is 2.10. The minimum absolute atomic E-state index is 0.324.